The van der Waals surface area contributed by atoms with Crippen molar-refractivity contribution in [1.82, 2.24) is 0 Å². The van der Waals surface area contributed by atoms with Gasteiger partial charge in [0.05, 0.1) is 0 Å². The van der Waals surface area contributed by atoms with E-state index in [1.807, 2.05) is 0 Å². The number of halogens is 1. The maximum atomic E-state index is 6.56. The van der Waals surface area contributed by atoms with Gasteiger partial charge in [-0.25, -0.2) is 0 Å². The Balaban J connectivity index is 4.41. The molecule has 0 aromatic carbocycles. The van der Waals surface area contributed by atoms with Crippen molar-refractivity contribution < 1.29 is 3.07 Å². The molecule has 3 heteroatoms. The number of hydrogen-bond donors (Lipinski definition) is 0. The van der Waals surface area contributed by atoms with Gasteiger partial charge in [0.2, 0.25) is 0 Å². The molecule has 0 aliphatic rings. The van der Waals surface area contributed by atoms with Crippen LogP contribution in [-0.4, -0.2) is 30.7 Å². The first-order valence-corrected chi connectivity index (χ1v) is 16.3. The van der Waals surface area contributed by atoms with Gasteiger partial charge in [-0.15, -0.1) is 0 Å². The molecule has 0 rings (SSSR count). The van der Waals surface area contributed by atoms with E-state index in [0.717, 1.165) is 11.9 Å². The molecule has 0 heterocycles. The normalized spacial score (nSPS) is 12.0. The molecule has 0 spiro atoms. The van der Waals surface area contributed by atoms with E-state index in [4.69, 9.17) is 3.07 Å². The Bertz CT molecular complexity index is 154. The van der Waals surface area contributed by atoms with Gasteiger partial charge in [0.1, 0.15) is 0 Å². The maximum absolute atomic E-state index is 6.56. The van der Waals surface area contributed by atoms with Gasteiger partial charge >= 0.3 is 129 Å². The monoisotopic (exact) mass is 428 g/mol. The van der Waals surface area contributed by atoms with Crippen molar-refractivity contribution in [3.8, 4) is 0 Å². The molecule has 0 saturated carbocycles. The average molecular weight is 428 g/mol. The molecule has 0 atom stereocenters. The van der Waals surface area contributed by atoms with Gasteiger partial charge in [0.15, 0.2) is 0 Å². The average Bonchev–Trinajstić information content (AvgIpc) is 2.40. The van der Waals surface area contributed by atoms with Crippen LogP contribution in [0.5, 0.6) is 0 Å². The molecule has 0 N–H and O–H groups in total. The van der Waals surface area contributed by atoms with E-state index in [1.165, 1.54) is 58.3 Å². The molecular weight excluding hydrogens is 395 g/mol. The Morgan fingerprint density at radius 3 is 1.56 bits per heavy atom. The van der Waals surface area contributed by atoms with Crippen LogP contribution in [0.2, 0.25) is 13.3 Å². The summed E-state index contributed by atoms with van der Waals surface area (Å²) in [4.78, 5) is 0. The van der Waals surface area contributed by atoms with Crippen molar-refractivity contribution >= 4 is 34.7 Å². The summed E-state index contributed by atoms with van der Waals surface area (Å²) < 4.78 is 11.0. The SMILES string of the molecule is CCC[CH2][Sn]([CH2]CCC)([CH2]CCC)[O]CCCBr. The zero-order valence-electron chi connectivity index (χ0n) is 12.8. The molecule has 0 fully saturated rings. The topological polar surface area (TPSA) is 9.23 Å². The number of hydrogen-bond acceptors (Lipinski definition) is 1. The molecule has 0 bridgehead atoms. The summed E-state index contributed by atoms with van der Waals surface area (Å²) in [5.74, 6) is 0. The molecule has 1 nitrogen and oxygen atoms in total. The fourth-order valence-electron chi connectivity index (χ4n) is 2.43. The van der Waals surface area contributed by atoms with Crippen molar-refractivity contribution in [3.05, 3.63) is 0 Å². The first-order valence-electron chi connectivity index (χ1n) is 7.94. The Morgan fingerprint density at radius 1 is 0.778 bits per heavy atom. The second kappa shape index (κ2) is 13.2. The second-order valence-electron chi connectivity index (χ2n) is 5.38. The third-order valence-corrected chi connectivity index (χ3v) is 17.4. The molecule has 0 aromatic heterocycles. The van der Waals surface area contributed by atoms with E-state index < -0.39 is 18.8 Å². The van der Waals surface area contributed by atoms with Gasteiger partial charge in [0, 0.05) is 0 Å². The Hall–Kier alpha value is 1.24. The van der Waals surface area contributed by atoms with E-state index in [2.05, 4.69) is 36.7 Å². The van der Waals surface area contributed by atoms with Crippen molar-refractivity contribution in [2.24, 2.45) is 0 Å². The number of unbranched alkanes of at least 4 members (excludes halogenated alkanes) is 3. The summed E-state index contributed by atoms with van der Waals surface area (Å²) in [5.41, 5.74) is 0. The Labute approximate surface area is 128 Å². The van der Waals surface area contributed by atoms with Crippen LogP contribution in [0.4, 0.5) is 0 Å². The van der Waals surface area contributed by atoms with E-state index in [1.54, 1.807) is 0 Å². The second-order valence-corrected chi connectivity index (χ2v) is 18.0. The third kappa shape index (κ3) is 9.19. The summed E-state index contributed by atoms with van der Waals surface area (Å²) in [6.45, 7) is 7.96. The molecule has 0 aromatic rings. The van der Waals surface area contributed by atoms with E-state index >= 15 is 0 Å². The summed E-state index contributed by atoms with van der Waals surface area (Å²) >= 11 is 1.28. The van der Waals surface area contributed by atoms with Crippen molar-refractivity contribution in [2.75, 3.05) is 11.9 Å². The van der Waals surface area contributed by atoms with E-state index in [0.29, 0.717) is 0 Å². The molecule has 18 heavy (non-hydrogen) atoms. The van der Waals surface area contributed by atoms with Crippen molar-refractivity contribution in [1.29, 1.82) is 0 Å². The molecule has 0 saturated heterocycles. The van der Waals surface area contributed by atoms with Gasteiger partial charge in [-0.1, -0.05) is 0 Å². The molecule has 0 radical (unpaired) electrons. The van der Waals surface area contributed by atoms with Gasteiger partial charge < -0.3 is 0 Å². The van der Waals surface area contributed by atoms with Crippen LogP contribution in [-0.2, 0) is 3.07 Å². The van der Waals surface area contributed by atoms with Crippen LogP contribution in [0.1, 0.15) is 65.7 Å². The summed E-state index contributed by atoms with van der Waals surface area (Å²) in [6.07, 6.45) is 9.38. The number of rotatable bonds is 13. The predicted octanol–water partition coefficient (Wildman–Crippen LogP) is 6.13. The van der Waals surface area contributed by atoms with Crippen LogP contribution >= 0.6 is 15.9 Å². The molecular formula is C15H33BrOSn. The van der Waals surface area contributed by atoms with Crippen molar-refractivity contribution in [3.63, 3.8) is 0 Å². The summed E-state index contributed by atoms with van der Waals surface area (Å²) in [6, 6.07) is 0. The molecule has 110 valence electrons. The van der Waals surface area contributed by atoms with E-state index in [-0.39, 0.29) is 0 Å². The molecule has 0 aliphatic heterocycles. The predicted molar refractivity (Wildman–Crippen MR) is 89.3 cm³/mol. The van der Waals surface area contributed by atoms with Crippen LogP contribution in [0.3, 0.4) is 0 Å². The third-order valence-electron chi connectivity index (χ3n) is 3.64. The fraction of sp³-hybridized carbons (Fsp3) is 1.00. The van der Waals surface area contributed by atoms with Crippen LogP contribution < -0.4 is 0 Å². The minimum absolute atomic E-state index is 1.01. The van der Waals surface area contributed by atoms with E-state index in [9.17, 15) is 0 Å². The standard InChI is InChI=1S/3C4H9.C3H6BrO.Sn/c3*1-3-4-2;4-2-1-3-5;/h3*1,3-4H2,2H3;1-3H2;/q;;;-1;+1. The van der Waals surface area contributed by atoms with Crippen LogP contribution in [0.15, 0.2) is 0 Å². The molecule has 0 unspecified atom stereocenters. The zero-order chi connectivity index (χ0) is 13.7. The molecule has 0 aliphatic carbocycles. The molecule has 0 amide bonds. The van der Waals surface area contributed by atoms with Gasteiger partial charge in [-0.3, -0.25) is 0 Å². The summed E-state index contributed by atoms with van der Waals surface area (Å²) in [5, 5.41) is 1.09. The van der Waals surface area contributed by atoms with Crippen LogP contribution in [0.25, 0.3) is 0 Å². The summed E-state index contributed by atoms with van der Waals surface area (Å²) in [7, 11) is 0. The number of alkyl halides is 1. The minimum atomic E-state index is -2.24. The Kier molecular flexibility index (Phi) is 14.1. The first kappa shape index (κ1) is 19.2. The Morgan fingerprint density at radius 2 is 1.22 bits per heavy atom. The fourth-order valence-corrected chi connectivity index (χ4v) is 16.2. The first-order chi connectivity index (χ1) is 8.74. The van der Waals surface area contributed by atoms with Gasteiger partial charge in [-0.2, -0.15) is 0 Å². The van der Waals surface area contributed by atoms with Gasteiger partial charge in [-0.05, 0) is 0 Å². The van der Waals surface area contributed by atoms with Crippen molar-refractivity contribution in [2.45, 2.75) is 79.0 Å². The zero-order valence-corrected chi connectivity index (χ0v) is 17.2. The quantitative estimate of drug-likeness (QED) is 0.195. The van der Waals surface area contributed by atoms with Gasteiger partial charge in [0.25, 0.3) is 0 Å². The van der Waals surface area contributed by atoms with Crippen LogP contribution in [0, 0.1) is 0 Å².